The van der Waals surface area contributed by atoms with Crippen LogP contribution in [0.1, 0.15) is 37.2 Å². The number of hydrogen-bond donors (Lipinski definition) is 0. The zero-order valence-electron chi connectivity index (χ0n) is 11.6. The third kappa shape index (κ3) is 3.15. The Morgan fingerprint density at radius 3 is 2.80 bits per heavy atom. The van der Waals surface area contributed by atoms with Crippen LogP contribution < -0.4 is 4.74 Å². The van der Waals surface area contributed by atoms with Crippen molar-refractivity contribution in [2.24, 2.45) is 5.92 Å². The van der Waals surface area contributed by atoms with Crippen molar-refractivity contribution in [1.82, 2.24) is 0 Å². The minimum absolute atomic E-state index is 0.147. The lowest BCUT2D eigenvalue weighted by atomic mass is 9.75. The Morgan fingerprint density at radius 2 is 2.15 bits per heavy atom. The lowest BCUT2D eigenvalue weighted by Gasteiger charge is -2.27. The number of hydrogen-bond acceptors (Lipinski definition) is 4. The fourth-order valence-corrected chi connectivity index (χ4v) is 3.01. The fourth-order valence-electron chi connectivity index (χ4n) is 3.01. The highest BCUT2D eigenvalue weighted by Gasteiger charge is 2.35. The van der Waals surface area contributed by atoms with Gasteiger partial charge in [0.05, 0.1) is 13.0 Å². The summed E-state index contributed by atoms with van der Waals surface area (Å²) in [6, 6.07) is 7.27. The molecule has 20 heavy (non-hydrogen) atoms. The smallest absolute Gasteiger partial charge is 0.211 e. The van der Waals surface area contributed by atoms with Crippen LogP contribution >= 0.6 is 0 Å². The summed E-state index contributed by atoms with van der Waals surface area (Å²) < 4.78 is 5.30. The number of benzene rings is 1. The molecule has 0 saturated heterocycles. The van der Waals surface area contributed by atoms with Crippen molar-refractivity contribution in [3.63, 3.8) is 0 Å². The molecule has 1 aromatic rings. The maximum Gasteiger partial charge on any atom is 0.211 e. The lowest BCUT2D eigenvalue weighted by Crippen LogP contribution is -2.30. The molecular formula is C15H19NO4. The number of Topliss-reactive ketones (excluding diaryl/α,β-unsaturated/α-hetero) is 1. The van der Waals surface area contributed by atoms with E-state index in [0.29, 0.717) is 12.2 Å². The molecule has 1 unspecified atom stereocenters. The van der Waals surface area contributed by atoms with Gasteiger partial charge in [-0.3, -0.25) is 14.9 Å². The van der Waals surface area contributed by atoms with Gasteiger partial charge in [-0.25, -0.2) is 0 Å². The van der Waals surface area contributed by atoms with Crippen LogP contribution in [0.3, 0.4) is 0 Å². The number of para-hydroxylation sites is 1. The van der Waals surface area contributed by atoms with Crippen molar-refractivity contribution in [1.29, 1.82) is 0 Å². The second kappa shape index (κ2) is 6.50. The summed E-state index contributed by atoms with van der Waals surface area (Å²) >= 11 is 0. The van der Waals surface area contributed by atoms with E-state index in [0.717, 1.165) is 24.8 Å². The molecule has 0 aliphatic heterocycles. The normalized spacial score (nSPS) is 20.4. The number of ether oxygens (including phenoxy) is 1. The van der Waals surface area contributed by atoms with E-state index in [1.165, 1.54) is 0 Å². The molecule has 0 aromatic heterocycles. The third-order valence-corrected chi connectivity index (χ3v) is 3.97. The molecule has 0 heterocycles. The van der Waals surface area contributed by atoms with Crippen LogP contribution in [-0.4, -0.2) is 24.4 Å². The second-order valence-corrected chi connectivity index (χ2v) is 5.18. The van der Waals surface area contributed by atoms with Crippen LogP contribution in [-0.2, 0) is 4.79 Å². The van der Waals surface area contributed by atoms with Crippen molar-refractivity contribution >= 4 is 5.78 Å². The Hall–Kier alpha value is -1.91. The number of carbonyl (C=O) groups is 1. The zero-order valence-corrected chi connectivity index (χ0v) is 11.6. The van der Waals surface area contributed by atoms with Gasteiger partial charge in [-0.1, -0.05) is 24.6 Å². The van der Waals surface area contributed by atoms with Crippen LogP contribution in [0.2, 0.25) is 0 Å². The summed E-state index contributed by atoms with van der Waals surface area (Å²) in [6.07, 6.45) is 3.12. The molecule has 1 aliphatic rings. The van der Waals surface area contributed by atoms with E-state index in [-0.39, 0.29) is 23.2 Å². The predicted molar refractivity (Wildman–Crippen MR) is 74.6 cm³/mol. The summed E-state index contributed by atoms with van der Waals surface area (Å²) in [7, 11) is 1.55. The maximum atomic E-state index is 12.1. The summed E-state index contributed by atoms with van der Waals surface area (Å²) in [5, 5.41) is 11.0. The molecule has 1 aromatic carbocycles. The van der Waals surface area contributed by atoms with Gasteiger partial charge in [0.15, 0.2) is 0 Å². The number of ketones is 1. The lowest BCUT2D eigenvalue weighted by molar-refractivity contribution is -0.484. The molecule has 1 saturated carbocycles. The van der Waals surface area contributed by atoms with Crippen molar-refractivity contribution in [3.05, 3.63) is 39.9 Å². The predicted octanol–water partition coefficient (Wildman–Crippen LogP) is 2.81. The van der Waals surface area contributed by atoms with Gasteiger partial charge in [0.2, 0.25) is 6.54 Å². The van der Waals surface area contributed by atoms with Crippen molar-refractivity contribution in [3.8, 4) is 5.75 Å². The molecule has 5 nitrogen and oxygen atoms in total. The first-order valence-corrected chi connectivity index (χ1v) is 6.91. The first-order chi connectivity index (χ1) is 9.63. The SMILES string of the molecule is COc1ccccc1C(C[N+](=O)[O-])[C@H]1CCCCC1=O. The largest absolute Gasteiger partial charge is 0.496 e. The minimum Gasteiger partial charge on any atom is -0.496 e. The Kier molecular flexibility index (Phi) is 4.71. The van der Waals surface area contributed by atoms with Gasteiger partial charge >= 0.3 is 0 Å². The maximum absolute atomic E-state index is 12.1. The van der Waals surface area contributed by atoms with Crippen LogP contribution in [0.4, 0.5) is 0 Å². The van der Waals surface area contributed by atoms with E-state index in [2.05, 4.69) is 0 Å². The highest BCUT2D eigenvalue weighted by molar-refractivity contribution is 5.82. The van der Waals surface area contributed by atoms with Gasteiger partial charge in [-0.05, 0) is 18.9 Å². The first kappa shape index (κ1) is 14.5. The molecule has 0 bridgehead atoms. The first-order valence-electron chi connectivity index (χ1n) is 6.91. The molecule has 1 aliphatic carbocycles. The molecule has 0 radical (unpaired) electrons. The summed E-state index contributed by atoms with van der Waals surface area (Å²) in [4.78, 5) is 22.8. The van der Waals surface area contributed by atoms with Gasteiger partial charge in [-0.15, -0.1) is 0 Å². The topological polar surface area (TPSA) is 69.4 Å². The van der Waals surface area contributed by atoms with Gasteiger partial charge < -0.3 is 4.74 Å². The standard InChI is InChI=1S/C15H19NO4/c1-20-15-9-5-3-7-12(15)13(10-16(18)19)11-6-2-4-8-14(11)17/h3,5,7,9,11,13H,2,4,6,8,10H2,1H3/t11-,13?/m1/s1. The van der Waals surface area contributed by atoms with E-state index in [4.69, 9.17) is 4.74 Å². The Labute approximate surface area is 118 Å². The van der Waals surface area contributed by atoms with E-state index in [1.807, 2.05) is 18.2 Å². The fraction of sp³-hybridized carbons (Fsp3) is 0.533. The molecule has 2 atom stereocenters. The van der Waals surface area contributed by atoms with Crippen molar-refractivity contribution in [2.45, 2.75) is 31.6 Å². The van der Waals surface area contributed by atoms with Crippen molar-refractivity contribution < 1.29 is 14.5 Å². The van der Waals surface area contributed by atoms with Crippen LogP contribution in [0.5, 0.6) is 5.75 Å². The van der Waals surface area contributed by atoms with Crippen LogP contribution in [0.15, 0.2) is 24.3 Å². The van der Waals surface area contributed by atoms with E-state index in [1.54, 1.807) is 13.2 Å². The van der Waals surface area contributed by atoms with E-state index < -0.39 is 5.92 Å². The van der Waals surface area contributed by atoms with Crippen molar-refractivity contribution in [2.75, 3.05) is 13.7 Å². The minimum atomic E-state index is -0.394. The van der Waals surface area contributed by atoms with Gasteiger partial charge in [0.1, 0.15) is 11.5 Å². The monoisotopic (exact) mass is 277 g/mol. The molecule has 1 fully saturated rings. The highest BCUT2D eigenvalue weighted by Crippen LogP contribution is 2.37. The van der Waals surface area contributed by atoms with Crippen LogP contribution in [0.25, 0.3) is 0 Å². The summed E-state index contributed by atoms with van der Waals surface area (Å²) in [5.74, 6) is 0.117. The number of methoxy groups -OCH3 is 1. The number of carbonyl (C=O) groups excluding carboxylic acids is 1. The number of nitrogens with zero attached hydrogens (tertiary/aromatic N) is 1. The Morgan fingerprint density at radius 1 is 1.40 bits per heavy atom. The van der Waals surface area contributed by atoms with Crippen LogP contribution in [0, 0.1) is 16.0 Å². The molecule has 0 N–H and O–H groups in total. The quantitative estimate of drug-likeness (QED) is 0.613. The molecule has 2 rings (SSSR count). The number of rotatable bonds is 5. The molecule has 5 heteroatoms. The zero-order chi connectivity index (χ0) is 14.5. The highest BCUT2D eigenvalue weighted by atomic mass is 16.6. The van der Waals surface area contributed by atoms with Gasteiger partial charge in [-0.2, -0.15) is 0 Å². The molecule has 0 spiro atoms. The average Bonchev–Trinajstić information content (AvgIpc) is 2.45. The molecular weight excluding hydrogens is 258 g/mol. The second-order valence-electron chi connectivity index (χ2n) is 5.18. The van der Waals surface area contributed by atoms with Gasteiger partial charge in [0.25, 0.3) is 0 Å². The Bertz CT molecular complexity index is 500. The average molecular weight is 277 g/mol. The molecule has 108 valence electrons. The summed E-state index contributed by atoms with van der Waals surface area (Å²) in [5.41, 5.74) is 0.770. The third-order valence-electron chi connectivity index (χ3n) is 3.97. The molecule has 0 amide bonds. The number of nitro groups is 1. The van der Waals surface area contributed by atoms with E-state index in [9.17, 15) is 14.9 Å². The Balaban J connectivity index is 2.35. The summed E-state index contributed by atoms with van der Waals surface area (Å²) in [6.45, 7) is -0.225. The van der Waals surface area contributed by atoms with E-state index >= 15 is 0 Å². The van der Waals surface area contributed by atoms with Gasteiger partial charge in [0, 0.05) is 22.8 Å².